The summed E-state index contributed by atoms with van der Waals surface area (Å²) in [6, 6.07) is 0. The first kappa shape index (κ1) is 13.2. The van der Waals surface area contributed by atoms with E-state index >= 15 is 0 Å². The van der Waals surface area contributed by atoms with E-state index < -0.39 is 0 Å². The van der Waals surface area contributed by atoms with Crippen molar-refractivity contribution in [3.8, 4) is 0 Å². The van der Waals surface area contributed by atoms with Gasteiger partial charge in [0.25, 0.3) is 0 Å². The number of likely N-dealkylation sites (tertiary alicyclic amines) is 1. The Labute approximate surface area is 110 Å². The van der Waals surface area contributed by atoms with Gasteiger partial charge in [0.1, 0.15) is 0 Å². The van der Waals surface area contributed by atoms with Gasteiger partial charge in [-0.15, -0.1) is 11.6 Å². The van der Waals surface area contributed by atoms with Crippen molar-refractivity contribution in [1.29, 1.82) is 0 Å². The SMILES string of the molecule is O=C(CC1CCCCCC1)N1CCCC(Cl)C1. The fourth-order valence-electron chi connectivity index (χ4n) is 3.10. The van der Waals surface area contributed by atoms with E-state index in [-0.39, 0.29) is 5.38 Å². The van der Waals surface area contributed by atoms with Crippen molar-refractivity contribution in [1.82, 2.24) is 4.90 Å². The highest BCUT2D eigenvalue weighted by Gasteiger charge is 2.24. The minimum Gasteiger partial charge on any atom is -0.341 e. The molecule has 1 saturated carbocycles. The Morgan fingerprint density at radius 1 is 1.06 bits per heavy atom. The van der Waals surface area contributed by atoms with Gasteiger partial charge in [-0.25, -0.2) is 0 Å². The normalized spacial score (nSPS) is 27.8. The van der Waals surface area contributed by atoms with Crippen molar-refractivity contribution in [2.45, 2.75) is 63.2 Å². The lowest BCUT2D eigenvalue weighted by Crippen LogP contribution is -2.41. The molecule has 0 spiro atoms. The molecule has 2 aliphatic rings. The summed E-state index contributed by atoms with van der Waals surface area (Å²) < 4.78 is 0. The fraction of sp³-hybridized carbons (Fsp3) is 0.929. The van der Waals surface area contributed by atoms with Crippen LogP contribution in [-0.4, -0.2) is 29.3 Å². The maximum atomic E-state index is 12.2. The number of carbonyl (C=O) groups is 1. The summed E-state index contributed by atoms with van der Waals surface area (Å²) in [7, 11) is 0. The van der Waals surface area contributed by atoms with Gasteiger partial charge in [-0.2, -0.15) is 0 Å². The summed E-state index contributed by atoms with van der Waals surface area (Å²) in [6.07, 6.45) is 10.8. The van der Waals surface area contributed by atoms with Gasteiger partial charge in [-0.1, -0.05) is 25.7 Å². The number of carbonyl (C=O) groups excluding carboxylic acids is 1. The summed E-state index contributed by atoms with van der Waals surface area (Å²) in [5.41, 5.74) is 0. The lowest BCUT2D eigenvalue weighted by atomic mass is 9.95. The van der Waals surface area contributed by atoms with Crippen LogP contribution in [0, 0.1) is 5.92 Å². The predicted molar refractivity (Wildman–Crippen MR) is 71.3 cm³/mol. The second-order valence-corrected chi connectivity index (χ2v) is 6.26. The number of rotatable bonds is 2. The van der Waals surface area contributed by atoms with Crippen LogP contribution >= 0.6 is 11.6 Å². The molecule has 98 valence electrons. The minimum atomic E-state index is 0.182. The zero-order valence-corrected chi connectivity index (χ0v) is 11.4. The second kappa shape index (κ2) is 6.63. The maximum absolute atomic E-state index is 12.2. The highest BCUT2D eigenvalue weighted by Crippen LogP contribution is 2.26. The number of hydrogen-bond acceptors (Lipinski definition) is 1. The lowest BCUT2D eigenvalue weighted by Gasteiger charge is -2.31. The van der Waals surface area contributed by atoms with Crippen LogP contribution in [0.3, 0.4) is 0 Å². The van der Waals surface area contributed by atoms with Gasteiger partial charge in [0.2, 0.25) is 5.91 Å². The van der Waals surface area contributed by atoms with E-state index in [0.29, 0.717) is 11.8 Å². The minimum absolute atomic E-state index is 0.182. The Hall–Kier alpha value is -0.240. The van der Waals surface area contributed by atoms with E-state index in [4.69, 9.17) is 11.6 Å². The molecule has 0 aromatic heterocycles. The number of piperidine rings is 1. The summed E-state index contributed by atoms with van der Waals surface area (Å²) in [5.74, 6) is 0.989. The average molecular weight is 258 g/mol. The van der Waals surface area contributed by atoms with Gasteiger partial charge in [0.15, 0.2) is 0 Å². The molecule has 2 nitrogen and oxygen atoms in total. The largest absolute Gasteiger partial charge is 0.341 e. The summed E-state index contributed by atoms with van der Waals surface area (Å²) in [4.78, 5) is 14.2. The van der Waals surface area contributed by atoms with E-state index in [0.717, 1.165) is 32.4 Å². The van der Waals surface area contributed by atoms with E-state index in [1.165, 1.54) is 38.5 Å². The van der Waals surface area contributed by atoms with Gasteiger partial charge in [-0.05, 0) is 31.6 Å². The third kappa shape index (κ3) is 4.17. The van der Waals surface area contributed by atoms with Crippen LogP contribution in [0.2, 0.25) is 0 Å². The van der Waals surface area contributed by atoms with Crippen LogP contribution in [0.4, 0.5) is 0 Å². The van der Waals surface area contributed by atoms with E-state index in [2.05, 4.69) is 0 Å². The highest BCUT2D eigenvalue weighted by molar-refractivity contribution is 6.20. The molecule has 1 atom stereocenters. The molecule has 0 bridgehead atoms. The van der Waals surface area contributed by atoms with Crippen molar-refractivity contribution in [3.05, 3.63) is 0 Å². The zero-order chi connectivity index (χ0) is 12.1. The van der Waals surface area contributed by atoms with Crippen molar-refractivity contribution in [2.24, 2.45) is 5.92 Å². The fourth-order valence-corrected chi connectivity index (χ4v) is 3.42. The molecule has 0 radical (unpaired) electrons. The molecular formula is C14H24ClNO. The molecule has 1 amide bonds. The van der Waals surface area contributed by atoms with Crippen molar-refractivity contribution >= 4 is 17.5 Å². The Morgan fingerprint density at radius 2 is 1.76 bits per heavy atom. The Bertz CT molecular complexity index is 249. The number of amides is 1. The van der Waals surface area contributed by atoms with Gasteiger partial charge >= 0.3 is 0 Å². The van der Waals surface area contributed by atoms with Crippen molar-refractivity contribution < 1.29 is 4.79 Å². The molecule has 0 aromatic carbocycles. The summed E-state index contributed by atoms with van der Waals surface area (Å²) >= 11 is 6.13. The van der Waals surface area contributed by atoms with E-state index in [1.54, 1.807) is 0 Å². The van der Waals surface area contributed by atoms with Crippen molar-refractivity contribution in [3.63, 3.8) is 0 Å². The molecule has 2 rings (SSSR count). The summed E-state index contributed by atoms with van der Waals surface area (Å²) in [5, 5.41) is 0.182. The molecule has 17 heavy (non-hydrogen) atoms. The Morgan fingerprint density at radius 3 is 2.41 bits per heavy atom. The van der Waals surface area contributed by atoms with E-state index in [1.807, 2.05) is 4.90 Å². The number of halogens is 1. The highest BCUT2D eigenvalue weighted by atomic mass is 35.5. The van der Waals surface area contributed by atoms with Crippen LogP contribution in [0.15, 0.2) is 0 Å². The van der Waals surface area contributed by atoms with Crippen LogP contribution in [0.25, 0.3) is 0 Å². The molecule has 1 heterocycles. The Kier molecular flexibility index (Phi) is 5.15. The molecule has 2 fully saturated rings. The third-order valence-electron chi connectivity index (χ3n) is 4.15. The van der Waals surface area contributed by atoms with Crippen LogP contribution in [0.5, 0.6) is 0 Å². The monoisotopic (exact) mass is 257 g/mol. The van der Waals surface area contributed by atoms with Crippen molar-refractivity contribution in [2.75, 3.05) is 13.1 Å². The first-order chi connectivity index (χ1) is 8.25. The third-order valence-corrected chi connectivity index (χ3v) is 4.51. The number of alkyl halides is 1. The first-order valence-corrected chi connectivity index (χ1v) is 7.61. The van der Waals surface area contributed by atoms with Gasteiger partial charge in [0, 0.05) is 19.5 Å². The van der Waals surface area contributed by atoms with Gasteiger partial charge < -0.3 is 4.90 Å². The van der Waals surface area contributed by atoms with Crippen LogP contribution in [0.1, 0.15) is 57.8 Å². The molecular weight excluding hydrogens is 234 g/mol. The molecule has 3 heteroatoms. The van der Waals surface area contributed by atoms with Crippen LogP contribution in [-0.2, 0) is 4.79 Å². The van der Waals surface area contributed by atoms with Gasteiger partial charge in [-0.3, -0.25) is 4.79 Å². The quantitative estimate of drug-likeness (QED) is 0.547. The predicted octanol–water partition coefficient (Wildman–Crippen LogP) is 3.58. The Balaban J connectivity index is 1.78. The standard InChI is InChI=1S/C14H24ClNO/c15-13-8-5-9-16(11-13)14(17)10-12-6-3-1-2-4-7-12/h12-13H,1-11H2. The number of nitrogens with zero attached hydrogens (tertiary/aromatic N) is 1. The van der Waals surface area contributed by atoms with Gasteiger partial charge in [0.05, 0.1) is 5.38 Å². The molecule has 1 aliphatic heterocycles. The lowest BCUT2D eigenvalue weighted by molar-refractivity contribution is -0.133. The molecule has 0 aromatic rings. The molecule has 1 unspecified atom stereocenters. The topological polar surface area (TPSA) is 20.3 Å². The van der Waals surface area contributed by atoms with Crippen LogP contribution < -0.4 is 0 Å². The molecule has 1 saturated heterocycles. The average Bonchev–Trinajstić information content (AvgIpc) is 2.57. The second-order valence-electron chi connectivity index (χ2n) is 5.64. The number of hydrogen-bond donors (Lipinski definition) is 0. The van der Waals surface area contributed by atoms with E-state index in [9.17, 15) is 4.79 Å². The summed E-state index contributed by atoms with van der Waals surface area (Å²) in [6.45, 7) is 1.70. The molecule has 0 N–H and O–H groups in total. The zero-order valence-electron chi connectivity index (χ0n) is 10.7. The smallest absolute Gasteiger partial charge is 0.222 e. The maximum Gasteiger partial charge on any atom is 0.222 e. The first-order valence-electron chi connectivity index (χ1n) is 7.17. The molecule has 1 aliphatic carbocycles.